The maximum Gasteiger partial charge on any atom is 0.417 e. The van der Waals surface area contributed by atoms with Crippen LogP contribution in [-0.4, -0.2) is 55.1 Å². The van der Waals surface area contributed by atoms with Crippen molar-refractivity contribution in [1.82, 2.24) is 9.88 Å². The predicted molar refractivity (Wildman–Crippen MR) is 104 cm³/mol. The van der Waals surface area contributed by atoms with Gasteiger partial charge in [0.15, 0.2) is 0 Å². The fraction of sp³-hybridized carbons (Fsp3) is 0.400. The Labute approximate surface area is 167 Å². The molecular formula is C20H23F3N4O2. The maximum atomic E-state index is 12.7. The molecule has 9 heteroatoms. The summed E-state index contributed by atoms with van der Waals surface area (Å²) in [5, 5.41) is 2.88. The van der Waals surface area contributed by atoms with E-state index in [2.05, 4.69) is 10.3 Å². The van der Waals surface area contributed by atoms with Crippen LogP contribution >= 0.6 is 0 Å². The van der Waals surface area contributed by atoms with Crippen LogP contribution in [0.4, 0.5) is 24.7 Å². The summed E-state index contributed by atoms with van der Waals surface area (Å²) in [5.41, 5.74) is -0.100. The molecular weight excluding hydrogens is 385 g/mol. The summed E-state index contributed by atoms with van der Waals surface area (Å²) in [7, 11) is 1.56. The number of carbonyl (C=O) groups is 1. The highest BCUT2D eigenvalue weighted by Gasteiger charge is 2.31. The van der Waals surface area contributed by atoms with Crippen LogP contribution < -0.4 is 15.0 Å². The van der Waals surface area contributed by atoms with E-state index in [9.17, 15) is 18.0 Å². The quantitative estimate of drug-likeness (QED) is 0.823. The van der Waals surface area contributed by atoms with Crippen molar-refractivity contribution in [3.8, 4) is 5.75 Å². The molecule has 0 spiro atoms. The first-order valence-electron chi connectivity index (χ1n) is 9.25. The van der Waals surface area contributed by atoms with E-state index in [4.69, 9.17) is 4.74 Å². The summed E-state index contributed by atoms with van der Waals surface area (Å²) >= 11 is 0. The first-order chi connectivity index (χ1) is 13.8. The molecule has 2 heterocycles. The lowest BCUT2D eigenvalue weighted by atomic mass is 10.2. The van der Waals surface area contributed by atoms with Crippen molar-refractivity contribution >= 4 is 17.4 Å². The van der Waals surface area contributed by atoms with E-state index < -0.39 is 11.7 Å². The molecule has 1 aliphatic rings. The van der Waals surface area contributed by atoms with E-state index in [0.29, 0.717) is 43.4 Å². The molecule has 156 valence electrons. The second kappa shape index (κ2) is 8.69. The second-order valence-corrected chi connectivity index (χ2v) is 6.82. The van der Waals surface area contributed by atoms with Crippen molar-refractivity contribution in [3.05, 3.63) is 48.2 Å². The minimum atomic E-state index is -4.39. The van der Waals surface area contributed by atoms with Gasteiger partial charge in [0.05, 0.1) is 18.7 Å². The molecule has 0 radical (unpaired) electrons. The first-order valence-corrected chi connectivity index (χ1v) is 9.25. The topological polar surface area (TPSA) is 57.7 Å². The van der Waals surface area contributed by atoms with Gasteiger partial charge in [-0.3, -0.25) is 9.69 Å². The van der Waals surface area contributed by atoms with E-state index in [1.807, 2.05) is 16.7 Å². The number of benzene rings is 1. The van der Waals surface area contributed by atoms with Crippen LogP contribution in [-0.2, 0) is 11.0 Å². The Balaban J connectivity index is 1.54. The molecule has 1 fully saturated rings. The second-order valence-electron chi connectivity index (χ2n) is 6.82. The van der Waals surface area contributed by atoms with Crippen molar-refractivity contribution in [1.29, 1.82) is 0 Å². The number of nitrogens with one attached hydrogen (secondary N) is 1. The molecule has 1 aromatic carbocycles. The molecule has 1 aliphatic heterocycles. The van der Waals surface area contributed by atoms with Gasteiger partial charge in [-0.25, -0.2) is 4.98 Å². The normalized spacial score (nSPS) is 16.4. The molecule has 2 aromatic rings. The number of hydrogen-bond acceptors (Lipinski definition) is 5. The SMILES string of the molecule is COc1cccc(NC(=O)[C@H](C)N2CCN(c3ccc(C(F)(F)F)cn3)CC2)c1. The number of hydrogen-bond donors (Lipinski definition) is 1. The molecule has 0 aliphatic carbocycles. The van der Waals surface area contributed by atoms with Gasteiger partial charge < -0.3 is 15.0 Å². The van der Waals surface area contributed by atoms with Crippen LogP contribution in [0.15, 0.2) is 42.6 Å². The Morgan fingerprint density at radius 1 is 1.17 bits per heavy atom. The molecule has 1 N–H and O–H groups in total. The average molecular weight is 408 g/mol. The van der Waals surface area contributed by atoms with Crippen LogP contribution in [0.1, 0.15) is 12.5 Å². The number of anilines is 2. The fourth-order valence-electron chi connectivity index (χ4n) is 3.19. The standard InChI is InChI=1S/C20H23F3N4O2/c1-14(19(28)25-16-4-3-5-17(12-16)29-2)26-8-10-27(11-9-26)18-7-6-15(13-24-18)20(21,22)23/h3-7,12-14H,8-11H2,1-2H3,(H,25,28)/t14-/m0/s1. The zero-order chi connectivity index (χ0) is 21.0. The molecule has 0 bridgehead atoms. The number of halogens is 3. The smallest absolute Gasteiger partial charge is 0.417 e. The van der Waals surface area contributed by atoms with Gasteiger partial charge in [0.2, 0.25) is 5.91 Å². The van der Waals surface area contributed by atoms with Gasteiger partial charge >= 0.3 is 6.18 Å². The maximum absolute atomic E-state index is 12.7. The number of ether oxygens (including phenoxy) is 1. The van der Waals surface area contributed by atoms with Crippen LogP contribution in [0.25, 0.3) is 0 Å². The van der Waals surface area contributed by atoms with Gasteiger partial charge in [-0.2, -0.15) is 13.2 Å². The molecule has 1 amide bonds. The van der Waals surface area contributed by atoms with E-state index in [1.54, 1.807) is 31.4 Å². The van der Waals surface area contributed by atoms with Crippen molar-refractivity contribution < 1.29 is 22.7 Å². The molecule has 1 aromatic heterocycles. The zero-order valence-electron chi connectivity index (χ0n) is 16.2. The van der Waals surface area contributed by atoms with Crippen LogP contribution in [0.3, 0.4) is 0 Å². The lowest BCUT2D eigenvalue weighted by Crippen LogP contribution is -2.53. The van der Waals surface area contributed by atoms with Gasteiger partial charge in [0.1, 0.15) is 11.6 Å². The number of piperazine rings is 1. The number of aromatic nitrogens is 1. The van der Waals surface area contributed by atoms with Gasteiger partial charge in [-0.15, -0.1) is 0 Å². The number of methoxy groups -OCH3 is 1. The third kappa shape index (κ3) is 5.17. The summed E-state index contributed by atoms with van der Waals surface area (Å²) < 4.78 is 43.2. The van der Waals surface area contributed by atoms with Crippen molar-refractivity contribution in [3.63, 3.8) is 0 Å². The molecule has 29 heavy (non-hydrogen) atoms. The van der Waals surface area contributed by atoms with E-state index in [0.717, 1.165) is 12.3 Å². The van der Waals surface area contributed by atoms with Crippen LogP contribution in [0.2, 0.25) is 0 Å². The largest absolute Gasteiger partial charge is 0.497 e. The third-order valence-electron chi connectivity index (χ3n) is 4.98. The lowest BCUT2D eigenvalue weighted by molar-refractivity contribution is -0.137. The molecule has 0 saturated carbocycles. The number of nitrogens with zero attached hydrogens (tertiary/aromatic N) is 3. The number of rotatable bonds is 5. The Bertz CT molecular complexity index is 834. The van der Waals surface area contributed by atoms with Crippen molar-refractivity contribution in [2.75, 3.05) is 43.5 Å². The predicted octanol–water partition coefficient (Wildman–Crippen LogP) is 3.26. The average Bonchev–Trinajstić information content (AvgIpc) is 2.73. The van der Waals surface area contributed by atoms with Gasteiger partial charge in [-0.1, -0.05) is 6.07 Å². The van der Waals surface area contributed by atoms with Gasteiger partial charge in [-0.05, 0) is 31.2 Å². The summed E-state index contributed by atoms with van der Waals surface area (Å²) in [6, 6.07) is 9.22. The number of pyridine rings is 1. The summed E-state index contributed by atoms with van der Waals surface area (Å²) in [4.78, 5) is 20.5. The van der Waals surface area contributed by atoms with Gasteiger partial charge in [0, 0.05) is 44.1 Å². The first kappa shape index (κ1) is 20.9. The van der Waals surface area contributed by atoms with E-state index in [-0.39, 0.29) is 11.9 Å². The Hall–Kier alpha value is -2.81. The van der Waals surface area contributed by atoms with Crippen LogP contribution in [0.5, 0.6) is 5.75 Å². The molecule has 1 saturated heterocycles. The molecule has 3 rings (SSSR count). The molecule has 6 nitrogen and oxygen atoms in total. The number of amides is 1. The van der Waals surface area contributed by atoms with Crippen molar-refractivity contribution in [2.45, 2.75) is 19.1 Å². The fourth-order valence-corrected chi connectivity index (χ4v) is 3.19. The highest BCUT2D eigenvalue weighted by molar-refractivity contribution is 5.94. The van der Waals surface area contributed by atoms with E-state index >= 15 is 0 Å². The Morgan fingerprint density at radius 2 is 1.90 bits per heavy atom. The highest BCUT2D eigenvalue weighted by Crippen LogP contribution is 2.29. The number of alkyl halides is 3. The molecule has 0 unspecified atom stereocenters. The number of carbonyl (C=O) groups excluding carboxylic acids is 1. The third-order valence-corrected chi connectivity index (χ3v) is 4.98. The minimum absolute atomic E-state index is 0.126. The molecule has 1 atom stereocenters. The highest BCUT2D eigenvalue weighted by atomic mass is 19.4. The monoisotopic (exact) mass is 408 g/mol. The lowest BCUT2D eigenvalue weighted by Gasteiger charge is -2.38. The van der Waals surface area contributed by atoms with Crippen molar-refractivity contribution in [2.24, 2.45) is 0 Å². The summed E-state index contributed by atoms with van der Waals surface area (Å²) in [6.45, 7) is 4.20. The van der Waals surface area contributed by atoms with Gasteiger partial charge in [0.25, 0.3) is 0 Å². The Kier molecular flexibility index (Phi) is 6.26. The summed E-state index contributed by atoms with van der Waals surface area (Å²) in [5.74, 6) is 1.04. The van der Waals surface area contributed by atoms with Crippen LogP contribution in [0, 0.1) is 0 Å². The minimum Gasteiger partial charge on any atom is -0.497 e. The zero-order valence-corrected chi connectivity index (χ0v) is 16.2. The summed E-state index contributed by atoms with van der Waals surface area (Å²) in [6.07, 6.45) is -3.54. The Morgan fingerprint density at radius 3 is 2.48 bits per heavy atom. The van der Waals surface area contributed by atoms with E-state index in [1.165, 1.54) is 6.07 Å².